The van der Waals surface area contributed by atoms with Gasteiger partial charge in [0.1, 0.15) is 17.4 Å². The van der Waals surface area contributed by atoms with Crippen molar-refractivity contribution in [3.8, 4) is 5.75 Å². The summed E-state index contributed by atoms with van der Waals surface area (Å²) in [6.07, 6.45) is -0.0683. The van der Waals surface area contributed by atoms with Crippen molar-refractivity contribution in [2.24, 2.45) is 0 Å². The van der Waals surface area contributed by atoms with E-state index >= 15 is 0 Å². The normalized spacial score (nSPS) is 12.0. The minimum atomic E-state index is -0.720. The Kier molecular flexibility index (Phi) is 5.09. The number of phenols is 1. The molecule has 0 saturated heterocycles. The molecule has 0 aliphatic rings. The highest BCUT2D eigenvalue weighted by molar-refractivity contribution is 5.71. The second-order valence-electron chi connectivity index (χ2n) is 4.82. The summed E-state index contributed by atoms with van der Waals surface area (Å²) in [4.78, 5) is 11.8. The maximum absolute atomic E-state index is 14.1. The number of aromatic hydroxyl groups is 1. The molecular formula is C17H16F2O3. The smallest absolute Gasteiger partial charge is 0.306 e. The lowest BCUT2D eigenvalue weighted by molar-refractivity contribution is -0.143. The van der Waals surface area contributed by atoms with Gasteiger partial charge in [-0.3, -0.25) is 4.79 Å². The van der Waals surface area contributed by atoms with Crippen molar-refractivity contribution < 1.29 is 23.4 Å². The number of hydrogen-bond donors (Lipinski definition) is 1. The van der Waals surface area contributed by atoms with E-state index in [1.54, 1.807) is 19.1 Å². The summed E-state index contributed by atoms with van der Waals surface area (Å²) in [6, 6.07) is 9.36. The molecule has 0 aromatic heterocycles. The van der Waals surface area contributed by atoms with Gasteiger partial charge in [0.05, 0.1) is 13.0 Å². The minimum absolute atomic E-state index is 0.0678. The zero-order valence-corrected chi connectivity index (χ0v) is 12.1. The molecule has 3 nitrogen and oxygen atoms in total. The van der Waals surface area contributed by atoms with Gasteiger partial charge < -0.3 is 9.84 Å². The molecule has 0 fully saturated rings. The lowest BCUT2D eigenvalue weighted by atomic mass is 9.88. The molecule has 0 heterocycles. The van der Waals surface area contributed by atoms with E-state index in [2.05, 4.69) is 0 Å². The van der Waals surface area contributed by atoms with Crippen LogP contribution in [0.15, 0.2) is 42.5 Å². The Morgan fingerprint density at radius 1 is 1.18 bits per heavy atom. The van der Waals surface area contributed by atoms with Crippen LogP contribution in [0.4, 0.5) is 8.78 Å². The van der Waals surface area contributed by atoms with Crippen LogP contribution in [0.2, 0.25) is 0 Å². The third-order valence-electron chi connectivity index (χ3n) is 3.31. The van der Waals surface area contributed by atoms with Crippen LogP contribution in [-0.2, 0) is 9.53 Å². The number of carbonyl (C=O) groups excluding carboxylic acids is 1. The zero-order chi connectivity index (χ0) is 16.1. The summed E-state index contributed by atoms with van der Waals surface area (Å²) in [5.41, 5.74) is 0.844. The number of hydrogen-bond acceptors (Lipinski definition) is 3. The molecule has 1 atom stereocenters. The van der Waals surface area contributed by atoms with Gasteiger partial charge in [-0.1, -0.05) is 18.2 Å². The van der Waals surface area contributed by atoms with Crippen molar-refractivity contribution in [2.75, 3.05) is 6.61 Å². The van der Waals surface area contributed by atoms with E-state index < -0.39 is 23.5 Å². The fraction of sp³-hybridized carbons (Fsp3) is 0.235. The SMILES string of the molecule is CCOC(=O)C[C@@H](c1ccc(O)cc1)c1ccc(F)cc1F. The maximum atomic E-state index is 14.1. The highest BCUT2D eigenvalue weighted by Gasteiger charge is 2.22. The number of benzene rings is 2. The first kappa shape index (κ1) is 15.9. The Balaban J connectivity index is 2.40. The largest absolute Gasteiger partial charge is 0.508 e. The Bertz CT molecular complexity index is 653. The molecular weight excluding hydrogens is 290 g/mol. The average molecular weight is 306 g/mol. The standard InChI is InChI=1S/C17H16F2O3/c1-2-22-17(21)10-15(11-3-6-13(20)7-4-11)14-8-5-12(18)9-16(14)19/h3-9,15,20H,2,10H2,1H3/t15-/m0/s1. The molecule has 2 rings (SSSR count). The first-order valence-electron chi connectivity index (χ1n) is 6.90. The van der Waals surface area contributed by atoms with Crippen LogP contribution in [0, 0.1) is 11.6 Å². The Morgan fingerprint density at radius 3 is 2.45 bits per heavy atom. The number of rotatable bonds is 5. The van der Waals surface area contributed by atoms with Crippen LogP contribution in [0.3, 0.4) is 0 Å². The van der Waals surface area contributed by atoms with Gasteiger partial charge in [0.25, 0.3) is 0 Å². The number of carbonyl (C=O) groups is 1. The quantitative estimate of drug-likeness (QED) is 0.856. The van der Waals surface area contributed by atoms with E-state index in [9.17, 15) is 18.7 Å². The lowest BCUT2D eigenvalue weighted by Crippen LogP contribution is -2.13. The van der Waals surface area contributed by atoms with Crippen LogP contribution in [0.25, 0.3) is 0 Å². The van der Waals surface area contributed by atoms with Crippen LogP contribution in [0.5, 0.6) is 5.75 Å². The molecule has 2 aromatic carbocycles. The summed E-state index contributed by atoms with van der Waals surface area (Å²) in [5, 5.41) is 9.35. The van der Waals surface area contributed by atoms with Crippen molar-refractivity contribution in [3.63, 3.8) is 0 Å². The fourth-order valence-electron chi connectivity index (χ4n) is 2.28. The van der Waals surface area contributed by atoms with E-state index in [1.807, 2.05) is 0 Å². The fourth-order valence-corrected chi connectivity index (χ4v) is 2.28. The van der Waals surface area contributed by atoms with Gasteiger partial charge in [-0.15, -0.1) is 0 Å². The second kappa shape index (κ2) is 7.02. The summed E-state index contributed by atoms with van der Waals surface area (Å²) in [6.45, 7) is 1.92. The third kappa shape index (κ3) is 3.81. The Morgan fingerprint density at radius 2 is 1.86 bits per heavy atom. The second-order valence-corrected chi connectivity index (χ2v) is 4.82. The molecule has 0 amide bonds. The van der Waals surface area contributed by atoms with E-state index in [-0.39, 0.29) is 24.3 Å². The number of halogens is 2. The van der Waals surface area contributed by atoms with Gasteiger partial charge in [-0.25, -0.2) is 8.78 Å². The van der Waals surface area contributed by atoms with Crippen molar-refractivity contribution in [1.29, 1.82) is 0 Å². The van der Waals surface area contributed by atoms with Gasteiger partial charge in [0, 0.05) is 12.0 Å². The summed E-state index contributed by atoms with van der Waals surface area (Å²) >= 11 is 0. The van der Waals surface area contributed by atoms with E-state index in [1.165, 1.54) is 18.2 Å². The molecule has 1 N–H and O–H groups in total. The van der Waals surface area contributed by atoms with E-state index in [4.69, 9.17) is 4.74 Å². The molecule has 0 bridgehead atoms. The topological polar surface area (TPSA) is 46.5 Å². The number of esters is 1. The average Bonchev–Trinajstić information content (AvgIpc) is 2.47. The minimum Gasteiger partial charge on any atom is -0.508 e. The Labute approximate surface area is 127 Å². The predicted octanol–water partition coefficient (Wildman–Crippen LogP) is 3.76. The van der Waals surface area contributed by atoms with Crippen LogP contribution < -0.4 is 0 Å². The molecule has 5 heteroatoms. The molecule has 0 aliphatic carbocycles. The highest BCUT2D eigenvalue weighted by Crippen LogP contribution is 2.31. The maximum Gasteiger partial charge on any atom is 0.306 e. The highest BCUT2D eigenvalue weighted by atomic mass is 19.1. The van der Waals surface area contributed by atoms with Crippen molar-refractivity contribution >= 4 is 5.97 Å². The number of phenolic OH excluding ortho intramolecular Hbond substituents is 1. The third-order valence-corrected chi connectivity index (χ3v) is 3.31. The van der Waals surface area contributed by atoms with Gasteiger partial charge in [-0.2, -0.15) is 0 Å². The van der Waals surface area contributed by atoms with Crippen molar-refractivity contribution in [3.05, 3.63) is 65.2 Å². The van der Waals surface area contributed by atoms with Gasteiger partial charge >= 0.3 is 5.97 Å². The summed E-state index contributed by atoms with van der Waals surface area (Å²) in [7, 11) is 0. The van der Waals surface area contributed by atoms with Crippen LogP contribution in [-0.4, -0.2) is 17.7 Å². The van der Waals surface area contributed by atoms with Crippen molar-refractivity contribution in [2.45, 2.75) is 19.3 Å². The summed E-state index contributed by atoms with van der Waals surface area (Å²) < 4.78 is 32.1. The van der Waals surface area contributed by atoms with E-state index in [0.717, 1.165) is 12.1 Å². The molecule has 2 aromatic rings. The van der Waals surface area contributed by atoms with Crippen molar-refractivity contribution in [1.82, 2.24) is 0 Å². The Hall–Kier alpha value is -2.43. The molecule has 0 saturated carbocycles. The van der Waals surface area contributed by atoms with Gasteiger partial charge in [-0.05, 0) is 36.2 Å². The van der Waals surface area contributed by atoms with E-state index in [0.29, 0.717) is 5.56 Å². The monoisotopic (exact) mass is 306 g/mol. The molecule has 0 unspecified atom stereocenters. The van der Waals surface area contributed by atoms with Gasteiger partial charge in [0.15, 0.2) is 0 Å². The van der Waals surface area contributed by atoms with Crippen LogP contribution >= 0.6 is 0 Å². The molecule has 0 aliphatic heterocycles. The first-order valence-corrected chi connectivity index (χ1v) is 6.90. The molecule has 0 radical (unpaired) electrons. The van der Waals surface area contributed by atoms with Gasteiger partial charge in [0.2, 0.25) is 0 Å². The van der Waals surface area contributed by atoms with Crippen LogP contribution in [0.1, 0.15) is 30.4 Å². The molecule has 0 spiro atoms. The zero-order valence-electron chi connectivity index (χ0n) is 12.1. The first-order chi connectivity index (χ1) is 10.5. The lowest BCUT2D eigenvalue weighted by Gasteiger charge is -2.18. The molecule has 116 valence electrons. The summed E-state index contributed by atoms with van der Waals surface area (Å²) in [5.74, 6) is -2.41. The molecule has 22 heavy (non-hydrogen) atoms. The number of ether oxygens (including phenoxy) is 1. The predicted molar refractivity (Wildman–Crippen MR) is 77.6 cm³/mol.